The lowest BCUT2D eigenvalue weighted by Crippen LogP contribution is -2.07. The summed E-state index contributed by atoms with van der Waals surface area (Å²) in [6.45, 7) is 1.56. The topological polar surface area (TPSA) is 26.3 Å². The molecule has 0 aliphatic carbocycles. The number of hydrogen-bond donors (Lipinski definition) is 0. The van der Waals surface area contributed by atoms with Gasteiger partial charge in [-0.15, -0.1) is 0 Å². The van der Waals surface area contributed by atoms with Crippen LogP contribution in [0.3, 0.4) is 0 Å². The third-order valence-electron chi connectivity index (χ3n) is 2.88. The molecule has 2 rings (SSSR count). The molecule has 2 aromatic rings. The van der Waals surface area contributed by atoms with Gasteiger partial charge in [0.1, 0.15) is 17.3 Å². The molecule has 7 heteroatoms. The number of halogens is 5. The van der Waals surface area contributed by atoms with Crippen molar-refractivity contribution < 1.29 is 27.1 Å². The van der Waals surface area contributed by atoms with Crippen LogP contribution < -0.4 is 4.74 Å². The highest BCUT2D eigenvalue weighted by atomic mass is 35.5. The molecule has 0 unspecified atom stereocenters. The predicted molar refractivity (Wildman–Crippen MR) is 72.8 cm³/mol. The number of carbonyl (C=O) groups excluding carboxylic acids is 1. The zero-order valence-corrected chi connectivity index (χ0v) is 11.9. The van der Waals surface area contributed by atoms with Crippen LogP contribution in [0.2, 0.25) is 0 Å². The number of rotatable bonds is 3. The Labute approximate surface area is 128 Å². The van der Waals surface area contributed by atoms with Crippen LogP contribution in [0.25, 0.3) is 0 Å². The molecule has 22 heavy (non-hydrogen) atoms. The first kappa shape index (κ1) is 16.3. The molecule has 0 fully saturated rings. The maximum absolute atomic E-state index is 13.0. The third kappa shape index (κ3) is 3.57. The molecule has 0 heterocycles. The zero-order chi connectivity index (χ0) is 16.5. The van der Waals surface area contributed by atoms with Crippen LogP contribution in [0, 0.1) is 12.7 Å². The number of alkyl halides is 3. The Morgan fingerprint density at radius 2 is 1.73 bits per heavy atom. The van der Waals surface area contributed by atoms with E-state index < -0.39 is 28.4 Å². The molecule has 0 bridgehead atoms. The largest absolute Gasteiger partial charge is 0.456 e. The molecule has 0 saturated carbocycles. The number of benzene rings is 2. The van der Waals surface area contributed by atoms with E-state index in [1.54, 1.807) is 6.92 Å². The molecule has 0 radical (unpaired) electrons. The van der Waals surface area contributed by atoms with Crippen molar-refractivity contribution in [2.45, 2.75) is 13.1 Å². The Morgan fingerprint density at radius 1 is 1.09 bits per heavy atom. The summed E-state index contributed by atoms with van der Waals surface area (Å²) in [4.78, 5) is 11.3. The van der Waals surface area contributed by atoms with E-state index >= 15 is 0 Å². The van der Waals surface area contributed by atoms with E-state index in [1.807, 2.05) is 0 Å². The van der Waals surface area contributed by atoms with Gasteiger partial charge in [-0.3, -0.25) is 4.79 Å². The Balaban J connectivity index is 2.44. The molecule has 0 N–H and O–H groups in total. The minimum absolute atomic E-state index is 0.136. The monoisotopic (exact) mass is 332 g/mol. The fraction of sp³-hybridized carbons (Fsp3) is 0.133. The third-order valence-corrected chi connectivity index (χ3v) is 3.08. The van der Waals surface area contributed by atoms with Crippen molar-refractivity contribution in [3.05, 3.63) is 58.9 Å². The number of carbonyl (C=O) groups is 1. The predicted octanol–water partition coefficient (Wildman–Crippen LogP) is 5.32. The Kier molecular flexibility index (Phi) is 4.42. The molecule has 0 aromatic heterocycles. The summed E-state index contributed by atoms with van der Waals surface area (Å²) in [6, 6.07) is 6.03. The van der Waals surface area contributed by atoms with E-state index in [-0.39, 0.29) is 11.5 Å². The van der Waals surface area contributed by atoms with E-state index in [0.29, 0.717) is 11.6 Å². The lowest BCUT2D eigenvalue weighted by Gasteiger charge is -2.13. The van der Waals surface area contributed by atoms with Crippen LogP contribution in [0.4, 0.5) is 17.6 Å². The average Bonchev–Trinajstić information content (AvgIpc) is 2.40. The van der Waals surface area contributed by atoms with E-state index in [9.17, 15) is 22.4 Å². The second-order valence-corrected chi connectivity index (χ2v) is 4.84. The Morgan fingerprint density at radius 3 is 2.27 bits per heavy atom. The first-order chi connectivity index (χ1) is 10.2. The highest BCUT2D eigenvalue weighted by molar-refractivity contribution is 6.68. The van der Waals surface area contributed by atoms with Crippen molar-refractivity contribution in [2.75, 3.05) is 0 Å². The minimum Gasteiger partial charge on any atom is -0.456 e. The summed E-state index contributed by atoms with van der Waals surface area (Å²) in [5.41, 5.74) is -1.01. The zero-order valence-electron chi connectivity index (χ0n) is 11.2. The van der Waals surface area contributed by atoms with Crippen LogP contribution in [0.5, 0.6) is 11.5 Å². The van der Waals surface area contributed by atoms with Gasteiger partial charge in [0, 0.05) is 0 Å². The van der Waals surface area contributed by atoms with E-state index in [0.717, 1.165) is 18.2 Å². The lowest BCUT2D eigenvalue weighted by molar-refractivity contribution is -0.137. The molecule has 2 nitrogen and oxygen atoms in total. The van der Waals surface area contributed by atoms with Gasteiger partial charge < -0.3 is 4.74 Å². The van der Waals surface area contributed by atoms with Crippen LogP contribution in [-0.2, 0) is 6.18 Å². The Bertz CT molecular complexity index is 726. The minimum atomic E-state index is -4.61. The van der Waals surface area contributed by atoms with E-state index in [4.69, 9.17) is 16.3 Å². The fourth-order valence-electron chi connectivity index (χ4n) is 1.79. The molecule has 0 saturated heterocycles. The maximum Gasteiger partial charge on any atom is 0.416 e. The summed E-state index contributed by atoms with van der Waals surface area (Å²) < 4.78 is 56.4. The SMILES string of the molecule is Cc1cc(F)ccc1Oc1ccc(C(F)(F)F)cc1C(=O)Cl. The van der Waals surface area contributed by atoms with Gasteiger partial charge in [0.05, 0.1) is 11.1 Å². The second-order valence-electron chi connectivity index (χ2n) is 4.49. The maximum atomic E-state index is 13.0. The molecule has 116 valence electrons. The van der Waals surface area contributed by atoms with Crippen LogP contribution >= 0.6 is 11.6 Å². The molecule has 2 aromatic carbocycles. The fourth-order valence-corrected chi connectivity index (χ4v) is 1.94. The smallest absolute Gasteiger partial charge is 0.416 e. The molecule has 0 spiro atoms. The summed E-state index contributed by atoms with van der Waals surface area (Å²) in [6.07, 6.45) is -4.61. The summed E-state index contributed by atoms with van der Waals surface area (Å²) in [5, 5.41) is -1.08. The van der Waals surface area contributed by atoms with Gasteiger partial charge in [-0.05, 0) is 60.5 Å². The van der Waals surface area contributed by atoms with Gasteiger partial charge in [0.2, 0.25) is 0 Å². The molecular weight excluding hydrogens is 324 g/mol. The summed E-state index contributed by atoms with van der Waals surface area (Å²) in [5.74, 6) is -0.408. The molecular formula is C15H9ClF4O2. The highest BCUT2D eigenvalue weighted by Crippen LogP contribution is 2.35. The molecule has 0 amide bonds. The normalized spacial score (nSPS) is 11.4. The van der Waals surface area contributed by atoms with Crippen molar-refractivity contribution in [1.82, 2.24) is 0 Å². The van der Waals surface area contributed by atoms with Gasteiger partial charge in [-0.25, -0.2) is 4.39 Å². The van der Waals surface area contributed by atoms with E-state index in [2.05, 4.69) is 0 Å². The lowest BCUT2D eigenvalue weighted by atomic mass is 10.1. The quantitative estimate of drug-likeness (QED) is 0.561. The number of aryl methyl sites for hydroxylation is 1. The first-order valence-electron chi connectivity index (χ1n) is 6.03. The summed E-state index contributed by atoms with van der Waals surface area (Å²) in [7, 11) is 0. The first-order valence-corrected chi connectivity index (χ1v) is 6.41. The van der Waals surface area contributed by atoms with Gasteiger partial charge in [0.15, 0.2) is 0 Å². The second kappa shape index (κ2) is 5.96. The van der Waals surface area contributed by atoms with Crippen molar-refractivity contribution in [1.29, 1.82) is 0 Å². The van der Waals surface area contributed by atoms with Crippen LogP contribution in [-0.4, -0.2) is 5.24 Å². The van der Waals surface area contributed by atoms with Gasteiger partial charge in [-0.1, -0.05) is 0 Å². The van der Waals surface area contributed by atoms with Crippen LogP contribution in [0.1, 0.15) is 21.5 Å². The standard InChI is InChI=1S/C15H9ClF4O2/c1-8-6-10(17)3-5-12(8)22-13-4-2-9(15(18,19)20)7-11(13)14(16)21/h2-7H,1H3. The molecule has 0 aliphatic rings. The Hall–Kier alpha value is -2.08. The highest BCUT2D eigenvalue weighted by Gasteiger charge is 2.32. The number of hydrogen-bond acceptors (Lipinski definition) is 2. The van der Waals surface area contributed by atoms with E-state index in [1.165, 1.54) is 12.1 Å². The van der Waals surface area contributed by atoms with Crippen LogP contribution in [0.15, 0.2) is 36.4 Å². The summed E-state index contributed by atoms with van der Waals surface area (Å²) >= 11 is 5.32. The van der Waals surface area contributed by atoms with Crippen molar-refractivity contribution in [2.24, 2.45) is 0 Å². The van der Waals surface area contributed by atoms with Gasteiger partial charge in [0.25, 0.3) is 5.24 Å². The number of ether oxygens (including phenoxy) is 1. The van der Waals surface area contributed by atoms with Crippen molar-refractivity contribution >= 4 is 16.8 Å². The van der Waals surface area contributed by atoms with Crippen molar-refractivity contribution in [3.8, 4) is 11.5 Å². The van der Waals surface area contributed by atoms with Gasteiger partial charge >= 0.3 is 6.18 Å². The van der Waals surface area contributed by atoms with Gasteiger partial charge in [-0.2, -0.15) is 13.2 Å². The van der Waals surface area contributed by atoms with Crippen molar-refractivity contribution in [3.63, 3.8) is 0 Å². The average molecular weight is 333 g/mol. The molecule has 0 aliphatic heterocycles. The molecule has 0 atom stereocenters.